The molecule has 0 bridgehead atoms. The molecule has 0 aromatic carbocycles. The van der Waals surface area contributed by atoms with E-state index in [4.69, 9.17) is 0 Å². The van der Waals surface area contributed by atoms with E-state index in [1.165, 1.54) is 0 Å². The zero-order chi connectivity index (χ0) is 10.8. The summed E-state index contributed by atoms with van der Waals surface area (Å²) in [7, 11) is 0. The summed E-state index contributed by atoms with van der Waals surface area (Å²) in [5.41, 5.74) is -0.674. The topological polar surface area (TPSA) is 57.5 Å². The summed E-state index contributed by atoms with van der Waals surface area (Å²) in [4.78, 5) is 11.3. The van der Waals surface area contributed by atoms with Gasteiger partial charge in [0.2, 0.25) is 0 Å². The molecule has 1 aliphatic carbocycles. The van der Waals surface area contributed by atoms with Crippen LogP contribution in [0.25, 0.3) is 0 Å². The molecule has 0 amide bonds. The van der Waals surface area contributed by atoms with E-state index in [2.05, 4.69) is 0 Å². The molecule has 0 aromatic heterocycles. The van der Waals surface area contributed by atoms with Gasteiger partial charge in [-0.2, -0.15) is 0 Å². The van der Waals surface area contributed by atoms with Crippen molar-refractivity contribution in [3.8, 4) is 0 Å². The van der Waals surface area contributed by atoms with Crippen molar-refractivity contribution >= 4 is 5.97 Å². The van der Waals surface area contributed by atoms with Crippen molar-refractivity contribution in [2.24, 2.45) is 11.3 Å². The molecule has 0 aliphatic heterocycles. The number of carboxylic acid groups (broad SMARTS) is 1. The van der Waals surface area contributed by atoms with Gasteiger partial charge in [0.05, 0.1) is 11.5 Å². The molecule has 3 heteroatoms. The van der Waals surface area contributed by atoms with Crippen molar-refractivity contribution in [1.82, 2.24) is 0 Å². The Balaban J connectivity index is 2.83. The molecule has 1 fully saturated rings. The Morgan fingerprint density at radius 3 is 2.64 bits per heavy atom. The van der Waals surface area contributed by atoms with Gasteiger partial charge in [0.15, 0.2) is 0 Å². The Kier molecular flexibility index (Phi) is 3.53. The lowest BCUT2D eigenvalue weighted by molar-refractivity contribution is -0.157. The SMILES string of the molecule is CC(O)CC1(C(=O)O)CCCCC1C. The highest BCUT2D eigenvalue weighted by atomic mass is 16.4. The molecule has 3 atom stereocenters. The summed E-state index contributed by atoms with van der Waals surface area (Å²) in [6, 6.07) is 0. The van der Waals surface area contributed by atoms with E-state index in [0.29, 0.717) is 12.8 Å². The molecule has 1 aliphatic rings. The van der Waals surface area contributed by atoms with Gasteiger partial charge in [-0.3, -0.25) is 4.79 Å². The summed E-state index contributed by atoms with van der Waals surface area (Å²) < 4.78 is 0. The van der Waals surface area contributed by atoms with Crippen molar-refractivity contribution in [2.45, 2.75) is 52.1 Å². The van der Waals surface area contributed by atoms with Gasteiger partial charge >= 0.3 is 5.97 Å². The van der Waals surface area contributed by atoms with Gasteiger partial charge in [0, 0.05) is 0 Å². The normalized spacial score (nSPS) is 35.2. The van der Waals surface area contributed by atoms with Crippen LogP contribution in [-0.4, -0.2) is 22.3 Å². The van der Waals surface area contributed by atoms with Crippen LogP contribution < -0.4 is 0 Å². The second-order valence-corrected chi connectivity index (χ2v) is 4.66. The maximum absolute atomic E-state index is 11.3. The van der Waals surface area contributed by atoms with Crippen LogP contribution in [0.1, 0.15) is 46.0 Å². The van der Waals surface area contributed by atoms with Gasteiger partial charge in [0.1, 0.15) is 0 Å². The molecule has 0 radical (unpaired) electrons. The van der Waals surface area contributed by atoms with Crippen molar-refractivity contribution in [1.29, 1.82) is 0 Å². The fraction of sp³-hybridized carbons (Fsp3) is 0.909. The molecule has 0 saturated heterocycles. The predicted octanol–water partition coefficient (Wildman–Crippen LogP) is 2.04. The molecule has 1 rings (SSSR count). The highest BCUT2D eigenvalue weighted by molar-refractivity contribution is 5.75. The van der Waals surface area contributed by atoms with E-state index in [9.17, 15) is 15.0 Å². The van der Waals surface area contributed by atoms with Crippen molar-refractivity contribution in [3.05, 3.63) is 0 Å². The zero-order valence-corrected chi connectivity index (χ0v) is 8.99. The number of aliphatic carboxylic acids is 1. The molecule has 0 spiro atoms. The van der Waals surface area contributed by atoms with Crippen LogP contribution in [0.3, 0.4) is 0 Å². The van der Waals surface area contributed by atoms with Crippen molar-refractivity contribution < 1.29 is 15.0 Å². The van der Waals surface area contributed by atoms with Crippen LogP contribution in [0.15, 0.2) is 0 Å². The number of aliphatic hydroxyl groups excluding tert-OH is 1. The lowest BCUT2D eigenvalue weighted by Gasteiger charge is -2.39. The van der Waals surface area contributed by atoms with Crippen LogP contribution in [-0.2, 0) is 4.79 Å². The van der Waals surface area contributed by atoms with Gasteiger partial charge in [-0.1, -0.05) is 19.8 Å². The van der Waals surface area contributed by atoms with E-state index in [-0.39, 0.29) is 5.92 Å². The largest absolute Gasteiger partial charge is 0.481 e. The van der Waals surface area contributed by atoms with E-state index < -0.39 is 17.5 Å². The Hall–Kier alpha value is -0.570. The quantitative estimate of drug-likeness (QED) is 0.733. The van der Waals surface area contributed by atoms with E-state index in [1.807, 2.05) is 6.92 Å². The summed E-state index contributed by atoms with van der Waals surface area (Å²) in [6.45, 7) is 3.67. The third-order valence-electron chi connectivity index (χ3n) is 3.54. The van der Waals surface area contributed by atoms with Gasteiger partial charge in [-0.05, 0) is 32.1 Å². The molecule has 14 heavy (non-hydrogen) atoms. The highest BCUT2D eigenvalue weighted by Gasteiger charge is 2.45. The fourth-order valence-electron chi connectivity index (χ4n) is 2.65. The fourth-order valence-corrected chi connectivity index (χ4v) is 2.65. The predicted molar refractivity (Wildman–Crippen MR) is 54.0 cm³/mol. The number of carbonyl (C=O) groups is 1. The summed E-state index contributed by atoms with van der Waals surface area (Å²) >= 11 is 0. The molecule has 0 aromatic rings. The summed E-state index contributed by atoms with van der Waals surface area (Å²) in [5, 5.41) is 18.7. The monoisotopic (exact) mass is 200 g/mol. The Labute approximate surface area is 85.1 Å². The summed E-state index contributed by atoms with van der Waals surface area (Å²) in [5.74, 6) is -0.547. The minimum atomic E-state index is -0.731. The second kappa shape index (κ2) is 4.30. The Morgan fingerprint density at radius 1 is 1.57 bits per heavy atom. The van der Waals surface area contributed by atoms with Crippen LogP contribution in [0.5, 0.6) is 0 Å². The average molecular weight is 200 g/mol. The average Bonchev–Trinajstić information content (AvgIpc) is 2.08. The third kappa shape index (κ3) is 2.08. The minimum Gasteiger partial charge on any atom is -0.481 e. The number of carboxylic acids is 1. The van der Waals surface area contributed by atoms with Crippen molar-refractivity contribution in [2.75, 3.05) is 0 Å². The Bertz CT molecular complexity index is 213. The first-order chi connectivity index (χ1) is 6.49. The van der Waals surface area contributed by atoms with Gasteiger partial charge < -0.3 is 10.2 Å². The van der Waals surface area contributed by atoms with Crippen molar-refractivity contribution in [3.63, 3.8) is 0 Å². The molecular formula is C11H20O3. The molecule has 82 valence electrons. The molecule has 0 heterocycles. The number of rotatable bonds is 3. The molecule has 1 saturated carbocycles. The lowest BCUT2D eigenvalue weighted by Crippen LogP contribution is -2.42. The van der Waals surface area contributed by atoms with Gasteiger partial charge in [0.25, 0.3) is 0 Å². The number of aliphatic hydroxyl groups is 1. The number of hydrogen-bond donors (Lipinski definition) is 2. The van der Waals surface area contributed by atoms with Crippen LogP contribution in [0.4, 0.5) is 0 Å². The maximum Gasteiger partial charge on any atom is 0.310 e. The first kappa shape index (κ1) is 11.5. The first-order valence-corrected chi connectivity index (χ1v) is 5.40. The van der Waals surface area contributed by atoms with Crippen LogP contribution in [0.2, 0.25) is 0 Å². The molecular weight excluding hydrogens is 180 g/mol. The lowest BCUT2D eigenvalue weighted by atomic mass is 9.64. The van der Waals surface area contributed by atoms with Gasteiger partial charge in [-0.15, -0.1) is 0 Å². The standard InChI is InChI=1S/C11H20O3/c1-8-5-3-4-6-11(8,10(13)14)7-9(2)12/h8-9,12H,3-7H2,1-2H3,(H,13,14). The second-order valence-electron chi connectivity index (χ2n) is 4.66. The highest BCUT2D eigenvalue weighted by Crippen LogP contribution is 2.44. The molecule has 2 N–H and O–H groups in total. The van der Waals surface area contributed by atoms with E-state index in [0.717, 1.165) is 19.3 Å². The maximum atomic E-state index is 11.3. The Morgan fingerprint density at radius 2 is 2.21 bits per heavy atom. The van der Waals surface area contributed by atoms with E-state index in [1.54, 1.807) is 6.92 Å². The smallest absolute Gasteiger partial charge is 0.310 e. The minimum absolute atomic E-state index is 0.184. The third-order valence-corrected chi connectivity index (χ3v) is 3.54. The molecule has 3 nitrogen and oxygen atoms in total. The number of hydrogen-bond acceptors (Lipinski definition) is 2. The first-order valence-electron chi connectivity index (χ1n) is 5.40. The summed E-state index contributed by atoms with van der Waals surface area (Å²) in [6.07, 6.45) is 3.66. The zero-order valence-electron chi connectivity index (χ0n) is 8.99. The molecule has 3 unspecified atom stereocenters. The van der Waals surface area contributed by atoms with E-state index >= 15 is 0 Å². The van der Waals surface area contributed by atoms with Crippen LogP contribution >= 0.6 is 0 Å². The van der Waals surface area contributed by atoms with Gasteiger partial charge in [-0.25, -0.2) is 0 Å². The van der Waals surface area contributed by atoms with Crippen LogP contribution in [0, 0.1) is 11.3 Å².